The van der Waals surface area contributed by atoms with Crippen LogP contribution in [0.3, 0.4) is 0 Å². The van der Waals surface area contributed by atoms with Crippen molar-refractivity contribution in [1.82, 2.24) is 14.9 Å². The molecule has 1 heterocycles. The summed E-state index contributed by atoms with van der Waals surface area (Å²) in [6, 6.07) is 22.4. The van der Waals surface area contributed by atoms with Gasteiger partial charge in [-0.2, -0.15) is 0 Å². The highest BCUT2D eigenvalue weighted by molar-refractivity contribution is 7.90. The summed E-state index contributed by atoms with van der Waals surface area (Å²) in [6.07, 6.45) is -0.777. The molecule has 0 unspecified atom stereocenters. The third-order valence-corrected chi connectivity index (χ3v) is 8.22. The summed E-state index contributed by atoms with van der Waals surface area (Å²) in [5, 5.41) is 17.0. The van der Waals surface area contributed by atoms with E-state index in [0.29, 0.717) is 13.0 Å². The Labute approximate surface area is 234 Å². The minimum Gasteiger partial charge on any atom is -0.497 e. The maximum absolute atomic E-state index is 12.9. The normalized spacial score (nSPS) is 15.1. The van der Waals surface area contributed by atoms with Gasteiger partial charge < -0.3 is 20.5 Å². The number of hydrogen-bond donors (Lipinski definition) is 3. The van der Waals surface area contributed by atoms with Gasteiger partial charge in [0, 0.05) is 26.1 Å². The van der Waals surface area contributed by atoms with E-state index < -0.39 is 34.0 Å². The Morgan fingerprint density at radius 1 is 1.00 bits per heavy atom. The zero-order valence-electron chi connectivity index (χ0n) is 21.4. The van der Waals surface area contributed by atoms with Crippen LogP contribution in [-0.4, -0.2) is 62.0 Å². The Morgan fingerprint density at radius 3 is 2.41 bits per heavy atom. The zero-order chi connectivity index (χ0) is 27.1. The van der Waals surface area contributed by atoms with Crippen molar-refractivity contribution in [2.24, 2.45) is 0 Å². The van der Waals surface area contributed by atoms with Crippen molar-refractivity contribution in [1.29, 1.82) is 0 Å². The number of nitrogens with zero attached hydrogens (tertiary/aromatic N) is 1. The van der Waals surface area contributed by atoms with Crippen molar-refractivity contribution in [3.8, 4) is 5.75 Å². The van der Waals surface area contributed by atoms with E-state index in [-0.39, 0.29) is 42.4 Å². The van der Waals surface area contributed by atoms with Crippen LogP contribution < -0.4 is 15.4 Å². The summed E-state index contributed by atoms with van der Waals surface area (Å²) in [5.41, 5.74) is 2.02. The maximum Gasteiger partial charge on any atom is 0.269 e. The molecule has 0 radical (unpaired) electrons. The number of carbonyl (C=O) groups excluding carboxylic acids is 2. The first-order valence-corrected chi connectivity index (χ1v) is 13.7. The first kappa shape index (κ1) is 30.1. The second kappa shape index (κ2) is 13.6. The Hall–Kier alpha value is -3.44. The number of nitrogens with one attached hydrogen (secondary N) is 2. The third kappa shape index (κ3) is 7.36. The van der Waals surface area contributed by atoms with Gasteiger partial charge in [-0.1, -0.05) is 54.6 Å². The van der Waals surface area contributed by atoms with Crippen molar-refractivity contribution < 1.29 is 27.9 Å². The van der Waals surface area contributed by atoms with Crippen LogP contribution in [0.25, 0.3) is 0 Å². The molecule has 0 bridgehead atoms. The van der Waals surface area contributed by atoms with E-state index in [1.165, 1.54) is 12.1 Å². The molecule has 3 N–H and O–H groups in total. The fourth-order valence-corrected chi connectivity index (χ4v) is 5.94. The number of hydrogen-bond acceptors (Lipinski definition) is 7. The van der Waals surface area contributed by atoms with Gasteiger partial charge in [0.15, 0.2) is 0 Å². The van der Waals surface area contributed by atoms with Gasteiger partial charge in [0.05, 0.1) is 24.8 Å². The lowest BCUT2D eigenvalue weighted by Crippen LogP contribution is -2.49. The van der Waals surface area contributed by atoms with Gasteiger partial charge in [-0.3, -0.25) is 9.59 Å². The topological polar surface area (TPSA) is 125 Å². The first-order valence-electron chi connectivity index (χ1n) is 12.3. The predicted molar refractivity (Wildman–Crippen MR) is 149 cm³/mol. The van der Waals surface area contributed by atoms with Gasteiger partial charge in [0.1, 0.15) is 10.6 Å². The number of benzene rings is 3. The maximum atomic E-state index is 12.9. The van der Waals surface area contributed by atoms with Gasteiger partial charge >= 0.3 is 0 Å². The molecule has 1 aliphatic heterocycles. The van der Waals surface area contributed by atoms with Crippen LogP contribution in [0.5, 0.6) is 5.75 Å². The summed E-state index contributed by atoms with van der Waals surface area (Å²) in [7, 11) is -2.39. The van der Waals surface area contributed by atoms with E-state index in [4.69, 9.17) is 4.74 Å². The van der Waals surface area contributed by atoms with Crippen molar-refractivity contribution in [2.75, 3.05) is 20.2 Å². The Morgan fingerprint density at radius 2 is 1.69 bits per heavy atom. The summed E-state index contributed by atoms with van der Waals surface area (Å²) < 4.78 is 31.5. The van der Waals surface area contributed by atoms with Gasteiger partial charge in [-0.05, 0) is 41.8 Å². The van der Waals surface area contributed by atoms with Gasteiger partial charge in [-0.25, -0.2) is 12.7 Å². The number of amides is 2. The van der Waals surface area contributed by atoms with Crippen LogP contribution in [-0.2, 0) is 27.8 Å². The molecule has 0 saturated carbocycles. The van der Waals surface area contributed by atoms with Gasteiger partial charge in [-0.15, -0.1) is 12.4 Å². The molecule has 4 rings (SSSR count). The fourth-order valence-electron chi connectivity index (χ4n) is 4.37. The molecule has 3 aromatic carbocycles. The second-order valence-corrected chi connectivity index (χ2v) is 10.9. The Balaban J connectivity index is 0.00000420. The van der Waals surface area contributed by atoms with Crippen LogP contribution in [0.15, 0.2) is 83.8 Å². The molecule has 0 fully saturated rings. The van der Waals surface area contributed by atoms with Crippen LogP contribution in [0.2, 0.25) is 0 Å². The van der Waals surface area contributed by atoms with Gasteiger partial charge in [0.25, 0.3) is 15.9 Å². The molecule has 0 spiro atoms. The van der Waals surface area contributed by atoms with Crippen molar-refractivity contribution >= 4 is 34.2 Å². The van der Waals surface area contributed by atoms with Crippen LogP contribution in [0.4, 0.5) is 0 Å². The average molecular weight is 574 g/mol. The Bertz CT molecular complexity index is 1390. The number of rotatable bonds is 12. The molecule has 11 heteroatoms. The molecule has 0 aliphatic carbocycles. The summed E-state index contributed by atoms with van der Waals surface area (Å²) >= 11 is 0. The number of aliphatic hydroxyl groups is 1. The third-order valence-electron chi connectivity index (χ3n) is 6.38. The van der Waals surface area contributed by atoms with Crippen LogP contribution in [0.1, 0.15) is 27.9 Å². The fraction of sp³-hybridized carbons (Fsp3) is 0.286. The van der Waals surface area contributed by atoms with Crippen LogP contribution >= 0.6 is 12.4 Å². The molecular weight excluding hydrogens is 542 g/mol. The van der Waals surface area contributed by atoms with E-state index in [1.807, 2.05) is 54.6 Å². The highest BCUT2D eigenvalue weighted by atomic mass is 35.5. The molecule has 39 heavy (non-hydrogen) atoms. The number of halogens is 1. The minimum atomic E-state index is -3.99. The monoisotopic (exact) mass is 573 g/mol. The number of aliphatic hydroxyl groups excluding tert-OH is 1. The lowest BCUT2D eigenvalue weighted by atomic mass is 10.0. The number of carbonyl (C=O) groups is 2. The largest absolute Gasteiger partial charge is 0.497 e. The molecule has 3 aromatic rings. The predicted octanol–water partition coefficient (Wildman–Crippen LogP) is 2.53. The molecular formula is C28H32ClN3O6S. The lowest BCUT2D eigenvalue weighted by Gasteiger charge is -2.25. The summed E-state index contributed by atoms with van der Waals surface area (Å²) in [4.78, 5) is 25.5. The molecule has 1 aliphatic rings. The van der Waals surface area contributed by atoms with E-state index in [9.17, 15) is 23.1 Å². The van der Waals surface area contributed by atoms with Gasteiger partial charge in [0.2, 0.25) is 5.91 Å². The SMILES string of the molecule is COc1cccc(CNC[C@@H](O)[C@H](Cc2ccccc2)NC(=O)CCN2C(=O)c3ccccc3S2(=O)=O)c1.Cl. The molecule has 208 valence electrons. The highest BCUT2D eigenvalue weighted by Gasteiger charge is 2.40. The van der Waals surface area contributed by atoms with Crippen molar-refractivity contribution in [2.45, 2.75) is 36.4 Å². The van der Waals surface area contributed by atoms with E-state index in [1.54, 1.807) is 19.2 Å². The first-order chi connectivity index (χ1) is 18.3. The van der Waals surface area contributed by atoms with E-state index >= 15 is 0 Å². The average Bonchev–Trinajstić information content (AvgIpc) is 3.12. The molecule has 0 aromatic heterocycles. The molecule has 9 nitrogen and oxygen atoms in total. The quantitative estimate of drug-likeness (QED) is 0.304. The molecule has 2 atom stereocenters. The van der Waals surface area contributed by atoms with Crippen LogP contribution in [0, 0.1) is 0 Å². The van der Waals surface area contributed by atoms with E-state index in [0.717, 1.165) is 21.2 Å². The van der Waals surface area contributed by atoms with Crippen molar-refractivity contribution in [3.63, 3.8) is 0 Å². The summed E-state index contributed by atoms with van der Waals surface area (Å²) in [5.74, 6) is -0.367. The number of sulfonamides is 1. The number of methoxy groups -OCH3 is 1. The smallest absolute Gasteiger partial charge is 0.269 e. The number of ether oxygens (including phenoxy) is 1. The Kier molecular flexibility index (Phi) is 10.5. The standard InChI is InChI=1S/C28H31N3O6S.ClH/c1-37-22-11-7-10-21(16-22)18-29-19-25(32)24(17-20-8-3-2-4-9-20)30-27(33)14-15-31-28(34)23-12-5-6-13-26(23)38(31,35)36;/h2-13,16,24-25,29,32H,14-15,17-19H2,1H3,(H,30,33);1H/t24-,25+;/m0./s1. The minimum absolute atomic E-state index is 0. The highest BCUT2D eigenvalue weighted by Crippen LogP contribution is 2.29. The zero-order valence-corrected chi connectivity index (χ0v) is 23.1. The lowest BCUT2D eigenvalue weighted by molar-refractivity contribution is -0.122. The van der Waals surface area contributed by atoms with E-state index in [2.05, 4.69) is 10.6 Å². The molecule has 2 amide bonds. The number of fused-ring (bicyclic) bond motifs is 1. The van der Waals surface area contributed by atoms with Crippen molar-refractivity contribution in [3.05, 3.63) is 95.6 Å². The summed E-state index contributed by atoms with van der Waals surface area (Å²) in [6.45, 7) is 0.420. The molecule has 0 saturated heterocycles. The second-order valence-electron chi connectivity index (χ2n) is 9.04.